The molecule has 1 unspecified atom stereocenters. The second-order valence-corrected chi connectivity index (χ2v) is 5.14. The highest BCUT2D eigenvalue weighted by Crippen LogP contribution is 2.15. The van der Waals surface area contributed by atoms with Crippen LogP contribution in [0.3, 0.4) is 0 Å². The van der Waals surface area contributed by atoms with E-state index in [1.54, 1.807) is 24.3 Å². The van der Waals surface area contributed by atoms with Crippen LogP contribution in [-0.2, 0) is 4.79 Å². The van der Waals surface area contributed by atoms with Crippen LogP contribution in [0.4, 0.5) is 0 Å². The molecule has 0 aliphatic heterocycles. The van der Waals surface area contributed by atoms with E-state index in [1.807, 2.05) is 6.92 Å². The van der Waals surface area contributed by atoms with Crippen LogP contribution in [0, 0.1) is 0 Å². The molecule has 1 N–H and O–H groups in total. The highest BCUT2D eigenvalue weighted by atomic mass is 35.5. The second kappa shape index (κ2) is 8.81. The van der Waals surface area contributed by atoms with E-state index in [2.05, 4.69) is 12.2 Å². The zero-order valence-corrected chi connectivity index (χ0v) is 12.4. The molecule has 0 fully saturated rings. The molecule has 1 rings (SSSR count). The average molecular weight is 284 g/mol. The summed E-state index contributed by atoms with van der Waals surface area (Å²) in [6, 6.07) is 7.18. The van der Waals surface area contributed by atoms with Crippen LogP contribution in [0.25, 0.3) is 0 Å². The molecule has 0 aliphatic carbocycles. The van der Waals surface area contributed by atoms with Gasteiger partial charge in [0, 0.05) is 11.1 Å². The first kappa shape index (κ1) is 15.8. The van der Waals surface area contributed by atoms with Crippen LogP contribution in [0.1, 0.15) is 39.5 Å². The zero-order chi connectivity index (χ0) is 14.1. The Balaban J connectivity index is 2.22. The van der Waals surface area contributed by atoms with E-state index in [4.69, 9.17) is 16.3 Å². The highest BCUT2D eigenvalue weighted by molar-refractivity contribution is 6.30. The Morgan fingerprint density at radius 3 is 2.63 bits per heavy atom. The van der Waals surface area contributed by atoms with Gasteiger partial charge in [0.15, 0.2) is 6.61 Å². The maximum absolute atomic E-state index is 11.7. The summed E-state index contributed by atoms with van der Waals surface area (Å²) in [5, 5.41) is 3.58. The van der Waals surface area contributed by atoms with E-state index in [9.17, 15) is 4.79 Å². The van der Waals surface area contributed by atoms with Crippen molar-refractivity contribution in [3.63, 3.8) is 0 Å². The summed E-state index contributed by atoms with van der Waals surface area (Å²) in [4.78, 5) is 11.7. The summed E-state index contributed by atoms with van der Waals surface area (Å²) in [5.41, 5.74) is 0. The molecule has 0 spiro atoms. The van der Waals surface area contributed by atoms with Crippen LogP contribution in [0.2, 0.25) is 5.02 Å². The molecule has 19 heavy (non-hydrogen) atoms. The molecule has 0 radical (unpaired) electrons. The number of nitrogens with one attached hydrogen (secondary N) is 1. The van der Waals surface area contributed by atoms with Crippen LogP contribution in [0.15, 0.2) is 24.3 Å². The van der Waals surface area contributed by atoms with Gasteiger partial charge in [-0.1, -0.05) is 37.8 Å². The molecule has 0 heterocycles. The maximum atomic E-state index is 11.7. The third-order valence-corrected chi connectivity index (χ3v) is 3.08. The molecular weight excluding hydrogens is 262 g/mol. The van der Waals surface area contributed by atoms with Crippen molar-refractivity contribution in [3.8, 4) is 5.75 Å². The normalized spacial score (nSPS) is 11.9. The largest absolute Gasteiger partial charge is 0.484 e. The number of ether oxygens (including phenoxy) is 1. The van der Waals surface area contributed by atoms with E-state index < -0.39 is 0 Å². The fourth-order valence-electron chi connectivity index (χ4n) is 1.77. The molecule has 0 saturated heterocycles. The number of carbonyl (C=O) groups is 1. The van der Waals surface area contributed by atoms with Gasteiger partial charge < -0.3 is 10.1 Å². The predicted octanol–water partition coefficient (Wildman–Crippen LogP) is 3.80. The SMILES string of the molecule is CCCCCC(C)NC(=O)COc1ccc(Cl)cc1. The monoisotopic (exact) mass is 283 g/mol. The molecule has 1 amide bonds. The van der Waals surface area contributed by atoms with Crippen molar-refractivity contribution in [2.45, 2.75) is 45.6 Å². The topological polar surface area (TPSA) is 38.3 Å². The van der Waals surface area contributed by atoms with E-state index in [1.165, 1.54) is 12.8 Å². The van der Waals surface area contributed by atoms with Crippen molar-refractivity contribution < 1.29 is 9.53 Å². The molecule has 1 atom stereocenters. The van der Waals surface area contributed by atoms with Crippen molar-refractivity contribution in [1.29, 1.82) is 0 Å². The van der Waals surface area contributed by atoms with Crippen LogP contribution >= 0.6 is 11.6 Å². The fraction of sp³-hybridized carbons (Fsp3) is 0.533. The Bertz CT molecular complexity index is 378. The van der Waals surface area contributed by atoms with E-state index in [0.717, 1.165) is 12.8 Å². The van der Waals surface area contributed by atoms with Crippen LogP contribution in [0.5, 0.6) is 5.75 Å². The van der Waals surface area contributed by atoms with Crippen molar-refractivity contribution in [3.05, 3.63) is 29.3 Å². The summed E-state index contributed by atoms with van der Waals surface area (Å²) < 4.78 is 5.38. The molecule has 1 aromatic rings. The first-order valence-electron chi connectivity index (χ1n) is 6.79. The standard InChI is InChI=1S/C15H22ClNO2/c1-3-4-5-6-12(2)17-15(18)11-19-14-9-7-13(16)8-10-14/h7-10,12H,3-6,11H2,1-2H3,(H,17,18). The fourth-order valence-corrected chi connectivity index (χ4v) is 1.89. The number of benzene rings is 1. The van der Waals surface area contributed by atoms with Crippen LogP contribution < -0.4 is 10.1 Å². The minimum absolute atomic E-state index is 0.0414. The third kappa shape index (κ3) is 7.06. The lowest BCUT2D eigenvalue weighted by Gasteiger charge is -2.14. The van der Waals surface area contributed by atoms with E-state index >= 15 is 0 Å². The minimum Gasteiger partial charge on any atom is -0.484 e. The van der Waals surface area contributed by atoms with Gasteiger partial charge in [-0.25, -0.2) is 0 Å². The van der Waals surface area contributed by atoms with Gasteiger partial charge >= 0.3 is 0 Å². The Labute approximate surface area is 120 Å². The van der Waals surface area contributed by atoms with Gasteiger partial charge in [0.1, 0.15) is 5.75 Å². The Kier molecular flexibility index (Phi) is 7.34. The number of hydrogen-bond acceptors (Lipinski definition) is 2. The first-order valence-corrected chi connectivity index (χ1v) is 7.17. The number of carbonyl (C=O) groups excluding carboxylic acids is 1. The van der Waals surface area contributed by atoms with Crippen molar-refractivity contribution in [1.82, 2.24) is 5.32 Å². The maximum Gasteiger partial charge on any atom is 0.258 e. The van der Waals surface area contributed by atoms with Gasteiger partial charge in [-0.05, 0) is 37.6 Å². The first-order chi connectivity index (χ1) is 9.11. The molecule has 1 aromatic carbocycles. The van der Waals surface area contributed by atoms with Crippen molar-refractivity contribution in [2.75, 3.05) is 6.61 Å². The third-order valence-electron chi connectivity index (χ3n) is 2.83. The lowest BCUT2D eigenvalue weighted by molar-refractivity contribution is -0.123. The second-order valence-electron chi connectivity index (χ2n) is 4.71. The Morgan fingerprint density at radius 1 is 1.32 bits per heavy atom. The number of unbranched alkanes of at least 4 members (excludes halogenated alkanes) is 2. The average Bonchev–Trinajstić information content (AvgIpc) is 2.38. The van der Waals surface area contributed by atoms with Gasteiger partial charge in [0.05, 0.1) is 0 Å². The number of amides is 1. The van der Waals surface area contributed by atoms with Crippen LogP contribution in [-0.4, -0.2) is 18.6 Å². The predicted molar refractivity (Wildman–Crippen MR) is 78.7 cm³/mol. The van der Waals surface area contributed by atoms with Crippen molar-refractivity contribution in [2.24, 2.45) is 0 Å². The molecule has 106 valence electrons. The molecule has 4 heteroatoms. The Hall–Kier alpha value is -1.22. The number of halogens is 1. The van der Waals surface area contributed by atoms with Crippen molar-refractivity contribution >= 4 is 17.5 Å². The lowest BCUT2D eigenvalue weighted by atomic mass is 10.1. The quantitative estimate of drug-likeness (QED) is 0.737. The van der Waals surface area contributed by atoms with E-state index in [0.29, 0.717) is 10.8 Å². The highest BCUT2D eigenvalue weighted by Gasteiger charge is 2.07. The molecule has 3 nitrogen and oxygen atoms in total. The summed E-state index contributed by atoms with van der Waals surface area (Å²) in [6.45, 7) is 4.23. The number of rotatable bonds is 8. The summed E-state index contributed by atoms with van der Waals surface area (Å²) >= 11 is 5.77. The van der Waals surface area contributed by atoms with Gasteiger partial charge in [-0.2, -0.15) is 0 Å². The minimum atomic E-state index is -0.0843. The summed E-state index contributed by atoms with van der Waals surface area (Å²) in [6.07, 6.45) is 4.57. The number of hydrogen-bond donors (Lipinski definition) is 1. The van der Waals surface area contributed by atoms with Gasteiger partial charge in [0.2, 0.25) is 0 Å². The van der Waals surface area contributed by atoms with E-state index in [-0.39, 0.29) is 18.6 Å². The summed E-state index contributed by atoms with van der Waals surface area (Å²) in [7, 11) is 0. The van der Waals surface area contributed by atoms with Gasteiger partial charge in [0.25, 0.3) is 5.91 Å². The van der Waals surface area contributed by atoms with Gasteiger partial charge in [-0.3, -0.25) is 4.79 Å². The molecule has 0 aromatic heterocycles. The smallest absolute Gasteiger partial charge is 0.258 e. The molecule has 0 saturated carbocycles. The summed E-state index contributed by atoms with van der Waals surface area (Å²) in [5.74, 6) is 0.567. The Morgan fingerprint density at radius 2 is 2.00 bits per heavy atom. The molecular formula is C15H22ClNO2. The lowest BCUT2D eigenvalue weighted by Crippen LogP contribution is -2.36. The zero-order valence-electron chi connectivity index (χ0n) is 11.6. The van der Waals surface area contributed by atoms with Gasteiger partial charge in [-0.15, -0.1) is 0 Å². The molecule has 0 aliphatic rings. The molecule has 0 bridgehead atoms.